The lowest BCUT2D eigenvalue weighted by Crippen LogP contribution is -2.55. The number of aromatic hydroxyl groups is 2. The van der Waals surface area contributed by atoms with Crippen LogP contribution in [-0.2, 0) is 18.3 Å². The van der Waals surface area contributed by atoms with Crippen molar-refractivity contribution in [2.45, 2.75) is 115 Å². The zero-order valence-corrected chi connectivity index (χ0v) is 33.3. The summed E-state index contributed by atoms with van der Waals surface area (Å²) < 4.78 is 4.99. The van der Waals surface area contributed by atoms with Crippen molar-refractivity contribution < 1.29 is 19.4 Å². The van der Waals surface area contributed by atoms with E-state index in [1.54, 1.807) is 0 Å². The summed E-state index contributed by atoms with van der Waals surface area (Å²) in [6.45, 7) is 17.6. The molecular weight excluding hydrogens is 673 g/mol. The van der Waals surface area contributed by atoms with E-state index in [9.17, 15) is 10.2 Å². The van der Waals surface area contributed by atoms with Crippen LogP contribution in [0.2, 0.25) is 0 Å². The quantitative estimate of drug-likeness (QED) is 0.176. The van der Waals surface area contributed by atoms with Crippen LogP contribution in [0, 0.1) is 0 Å². The third-order valence-corrected chi connectivity index (χ3v) is 12.2. The molecule has 10 heteroatoms. The first-order valence-corrected chi connectivity index (χ1v) is 21.2. The molecule has 0 amide bonds. The predicted octanol–water partition coefficient (Wildman–Crippen LogP) is 5.24. The molecule has 4 heterocycles. The lowest BCUT2D eigenvalue weighted by Gasteiger charge is -2.30. The van der Waals surface area contributed by atoms with Crippen LogP contribution in [0.3, 0.4) is 0 Å². The molecule has 2 atom stereocenters. The van der Waals surface area contributed by atoms with Gasteiger partial charge < -0.3 is 10.2 Å². The first-order chi connectivity index (χ1) is 26.2. The van der Waals surface area contributed by atoms with Gasteiger partial charge in [0.05, 0.1) is 77.5 Å². The highest BCUT2D eigenvalue weighted by Crippen LogP contribution is 2.32. The summed E-state index contributed by atoms with van der Waals surface area (Å²) in [5, 5.41) is 30.2. The Morgan fingerprint density at radius 1 is 0.704 bits per heavy atom. The summed E-state index contributed by atoms with van der Waals surface area (Å²) in [6.07, 6.45) is 16.4. The predicted molar refractivity (Wildman–Crippen MR) is 220 cm³/mol. The molecule has 2 aromatic carbocycles. The Kier molecular flexibility index (Phi) is 12.4. The van der Waals surface area contributed by atoms with E-state index in [0.717, 1.165) is 139 Å². The van der Waals surface area contributed by atoms with Crippen molar-refractivity contribution in [3.05, 3.63) is 58.1 Å². The van der Waals surface area contributed by atoms with E-state index in [1.165, 1.54) is 43.2 Å². The van der Waals surface area contributed by atoms with Gasteiger partial charge in [-0.3, -0.25) is 39.6 Å². The molecule has 0 bridgehead atoms. The van der Waals surface area contributed by atoms with Crippen molar-refractivity contribution in [1.82, 2.24) is 20.4 Å². The molecule has 0 saturated heterocycles. The third kappa shape index (κ3) is 9.23. The van der Waals surface area contributed by atoms with Crippen molar-refractivity contribution in [3.63, 3.8) is 0 Å². The number of para-hydroxylation sites is 1. The topological polar surface area (TPSA) is 102 Å². The highest BCUT2D eigenvalue weighted by molar-refractivity contribution is 5.86. The van der Waals surface area contributed by atoms with Crippen LogP contribution in [0.5, 0.6) is 11.5 Å². The number of aryl methyl sites for hydroxylation is 2. The molecule has 5 aliphatic rings. The molecule has 1 aliphatic carbocycles. The molecule has 4 N–H and O–H groups in total. The van der Waals surface area contributed by atoms with Gasteiger partial charge in [-0.1, -0.05) is 51.8 Å². The Morgan fingerprint density at radius 3 is 1.83 bits per heavy atom. The minimum atomic E-state index is -0.0468. The standard InChI is InChI=1S/C44H64N8O2/c1-44(2,3)37-29-34(16-8-22-50-26-12-28-52-24-10-20-46-43(50)52)41(54)36(30-37)32-48-39-18-5-4-17-38(39)47-31-35-14-6-13-33(40(35)53)15-7-21-49-25-11-27-51-23-9-19-45-42(49)51/h6,13-14,29-32,38-39H,4-5,7-12,15-28H2,1-3H3,(H2,47,48,53,54)/p+2. The van der Waals surface area contributed by atoms with Gasteiger partial charge in [-0.25, -0.2) is 0 Å². The average molecular weight is 739 g/mol. The van der Waals surface area contributed by atoms with Crippen LogP contribution >= 0.6 is 0 Å². The summed E-state index contributed by atoms with van der Waals surface area (Å²) in [5.41, 5.74) is 4.76. The van der Waals surface area contributed by atoms with E-state index in [2.05, 4.69) is 68.6 Å². The van der Waals surface area contributed by atoms with Gasteiger partial charge in [-0.2, -0.15) is 0 Å². The number of phenolic OH excluding ortho intramolecular Hbond substituents is 2. The summed E-state index contributed by atoms with van der Waals surface area (Å²) >= 11 is 0. The number of aliphatic imine (C=N–C) groups is 2. The van der Waals surface area contributed by atoms with E-state index in [0.29, 0.717) is 11.5 Å². The van der Waals surface area contributed by atoms with Crippen molar-refractivity contribution in [3.8, 4) is 11.5 Å². The van der Waals surface area contributed by atoms with Crippen LogP contribution in [0.25, 0.3) is 0 Å². The minimum absolute atomic E-state index is 0.0403. The van der Waals surface area contributed by atoms with E-state index in [-0.39, 0.29) is 17.5 Å². The Hall–Kier alpha value is -4.08. The molecule has 0 aromatic heterocycles. The molecule has 54 heavy (non-hydrogen) atoms. The Balaban J connectivity index is 1.00. The number of guanidine groups is 2. The lowest BCUT2D eigenvalue weighted by atomic mass is 9.84. The largest absolute Gasteiger partial charge is 0.507 e. The van der Waals surface area contributed by atoms with Gasteiger partial charge in [0, 0.05) is 49.2 Å². The number of rotatable bonds is 12. The molecule has 1 saturated carbocycles. The normalized spacial score (nSPS) is 22.4. The molecular formula is C44H66N8O2+2. The summed E-state index contributed by atoms with van der Waals surface area (Å²) in [6, 6.07) is 10.5. The van der Waals surface area contributed by atoms with Gasteiger partial charge >= 0.3 is 11.9 Å². The molecule has 292 valence electrons. The maximum atomic E-state index is 11.6. The fourth-order valence-corrected chi connectivity index (χ4v) is 9.06. The van der Waals surface area contributed by atoms with Crippen molar-refractivity contribution >= 4 is 24.3 Å². The lowest BCUT2D eigenvalue weighted by molar-refractivity contribution is -0.544. The van der Waals surface area contributed by atoms with Crippen molar-refractivity contribution in [2.75, 3.05) is 65.4 Å². The second-order valence-corrected chi connectivity index (χ2v) is 17.2. The first-order valence-electron chi connectivity index (χ1n) is 21.2. The molecule has 0 spiro atoms. The van der Waals surface area contributed by atoms with Gasteiger partial charge in [0.2, 0.25) is 0 Å². The van der Waals surface area contributed by atoms with Crippen LogP contribution in [-0.4, -0.2) is 131 Å². The number of nitrogens with one attached hydrogen (secondary N) is 2. The van der Waals surface area contributed by atoms with Gasteiger partial charge in [0.15, 0.2) is 0 Å². The van der Waals surface area contributed by atoms with E-state index < -0.39 is 0 Å². The van der Waals surface area contributed by atoms with Crippen molar-refractivity contribution in [2.24, 2.45) is 9.98 Å². The summed E-state index contributed by atoms with van der Waals surface area (Å²) in [7, 11) is 0. The summed E-state index contributed by atoms with van der Waals surface area (Å²) in [4.78, 5) is 15.2. The molecule has 10 nitrogen and oxygen atoms in total. The summed E-state index contributed by atoms with van der Waals surface area (Å²) in [5.74, 6) is 3.32. The Morgan fingerprint density at radius 2 is 1.24 bits per heavy atom. The monoisotopic (exact) mass is 739 g/mol. The van der Waals surface area contributed by atoms with Gasteiger partial charge in [0.1, 0.15) is 11.5 Å². The highest BCUT2D eigenvalue weighted by Gasteiger charge is 2.30. The van der Waals surface area contributed by atoms with Crippen LogP contribution in [0.15, 0.2) is 40.3 Å². The fraction of sp³-hybridized carbons (Fsp3) is 0.636. The zero-order valence-electron chi connectivity index (χ0n) is 33.3. The van der Waals surface area contributed by atoms with E-state index >= 15 is 0 Å². The fourth-order valence-electron chi connectivity index (χ4n) is 9.06. The third-order valence-electron chi connectivity index (χ3n) is 12.2. The Labute approximate surface area is 323 Å². The molecule has 4 aliphatic heterocycles. The van der Waals surface area contributed by atoms with Gasteiger partial charge in [-0.15, -0.1) is 0 Å². The Bertz CT molecular complexity index is 1730. The molecule has 2 aromatic rings. The molecule has 7 rings (SSSR count). The minimum Gasteiger partial charge on any atom is -0.507 e. The molecule has 1 fully saturated rings. The van der Waals surface area contributed by atoms with Crippen LogP contribution in [0.1, 0.15) is 113 Å². The second kappa shape index (κ2) is 17.6. The maximum Gasteiger partial charge on any atom is 0.348 e. The number of benzene rings is 2. The number of hydrogen-bond acceptors (Lipinski definition) is 8. The van der Waals surface area contributed by atoms with E-state index in [1.807, 2.05) is 24.6 Å². The number of nitrogens with zero attached hydrogens (tertiary/aromatic N) is 6. The number of hydrogen-bond donors (Lipinski definition) is 4. The zero-order chi connectivity index (χ0) is 37.5. The van der Waals surface area contributed by atoms with Crippen LogP contribution < -0.4 is 10.6 Å². The highest BCUT2D eigenvalue weighted by atomic mass is 16.3. The first kappa shape index (κ1) is 38.2. The average Bonchev–Trinajstić information content (AvgIpc) is 3.18. The molecule has 0 radical (unpaired) electrons. The molecule has 2 unspecified atom stereocenters. The smallest absolute Gasteiger partial charge is 0.348 e. The number of phenols is 2. The SMILES string of the molecule is CC(C)(C)c1cc(C=NC2CCCCC2N=Cc2cccc(CCCN3CCC[N+]4=C3NCCC4)c2O)c(O)c(CCCN2CCC[N+]3=C2NCCC3)c1. The van der Waals surface area contributed by atoms with Crippen molar-refractivity contribution in [1.29, 1.82) is 0 Å². The van der Waals surface area contributed by atoms with Gasteiger partial charge in [-0.05, 0) is 72.8 Å². The maximum absolute atomic E-state index is 11.6. The van der Waals surface area contributed by atoms with Gasteiger partial charge in [0.25, 0.3) is 0 Å². The second-order valence-electron chi connectivity index (χ2n) is 17.2. The van der Waals surface area contributed by atoms with Crippen LogP contribution in [0.4, 0.5) is 0 Å². The van der Waals surface area contributed by atoms with E-state index in [4.69, 9.17) is 9.98 Å².